The summed E-state index contributed by atoms with van der Waals surface area (Å²) in [4.78, 5) is 25.1. The summed E-state index contributed by atoms with van der Waals surface area (Å²) in [7, 11) is 0. The Bertz CT molecular complexity index is 822. The highest BCUT2D eigenvalue weighted by Crippen LogP contribution is 2.32. The third-order valence-corrected chi connectivity index (χ3v) is 4.52. The Morgan fingerprint density at radius 2 is 2.21 bits per heavy atom. The molecule has 1 atom stereocenters. The van der Waals surface area contributed by atoms with E-state index in [2.05, 4.69) is 5.16 Å². The number of hydrogen-bond donors (Lipinski definition) is 1. The highest BCUT2D eigenvalue weighted by molar-refractivity contribution is 6.31. The number of amides is 1. The monoisotopic (exact) mass is 352 g/mol. The summed E-state index contributed by atoms with van der Waals surface area (Å²) in [6.45, 7) is 1.99. The summed E-state index contributed by atoms with van der Waals surface area (Å²) < 4.78 is 19.0. The van der Waals surface area contributed by atoms with E-state index in [0.29, 0.717) is 13.0 Å². The van der Waals surface area contributed by atoms with Crippen molar-refractivity contribution >= 4 is 23.5 Å². The molecule has 1 N–H and O–H groups in total. The average Bonchev–Trinajstić information content (AvgIpc) is 3.17. The van der Waals surface area contributed by atoms with Gasteiger partial charge in [0.05, 0.1) is 10.4 Å². The molecule has 3 rings (SSSR count). The van der Waals surface area contributed by atoms with Crippen LogP contribution in [0.2, 0.25) is 5.02 Å². The number of hydrogen-bond acceptors (Lipinski definition) is 4. The molecule has 6 nitrogen and oxygen atoms in total. The normalized spacial score (nSPS) is 20.4. The lowest BCUT2D eigenvalue weighted by molar-refractivity contribution is -0.147. The summed E-state index contributed by atoms with van der Waals surface area (Å²) in [5.74, 6) is -2.14. The third-order valence-electron chi connectivity index (χ3n) is 4.23. The Kier molecular flexibility index (Phi) is 4.04. The third kappa shape index (κ3) is 2.75. The number of nitrogens with zero attached hydrogens (tertiary/aromatic N) is 2. The van der Waals surface area contributed by atoms with Gasteiger partial charge >= 0.3 is 5.97 Å². The van der Waals surface area contributed by atoms with Crippen LogP contribution in [0.1, 0.15) is 23.9 Å². The summed E-state index contributed by atoms with van der Waals surface area (Å²) >= 11 is 5.73. The number of aliphatic carboxylic acids is 1. The molecule has 1 aliphatic rings. The molecule has 0 aliphatic carbocycles. The van der Waals surface area contributed by atoms with Crippen LogP contribution in [-0.2, 0) is 4.79 Å². The van der Waals surface area contributed by atoms with Crippen LogP contribution in [-0.4, -0.2) is 40.1 Å². The number of carboxylic acid groups (broad SMARTS) is 1. The van der Waals surface area contributed by atoms with Crippen LogP contribution in [0.4, 0.5) is 4.39 Å². The molecule has 1 aliphatic heterocycles. The first-order valence-corrected chi connectivity index (χ1v) is 7.63. The molecule has 1 amide bonds. The molecule has 1 aromatic heterocycles. The van der Waals surface area contributed by atoms with Crippen molar-refractivity contribution in [3.63, 3.8) is 0 Å². The summed E-state index contributed by atoms with van der Waals surface area (Å²) in [5.41, 5.74) is -0.696. The molecule has 24 heavy (non-hydrogen) atoms. The summed E-state index contributed by atoms with van der Waals surface area (Å²) in [6.07, 6.45) is 0.359. The number of carbonyl (C=O) groups is 2. The van der Waals surface area contributed by atoms with Crippen LogP contribution in [0, 0.1) is 11.2 Å². The molecule has 0 radical (unpaired) electrons. The number of aromatic nitrogens is 1. The first-order chi connectivity index (χ1) is 11.3. The zero-order valence-electron chi connectivity index (χ0n) is 12.8. The Balaban J connectivity index is 1.83. The van der Waals surface area contributed by atoms with E-state index in [1.165, 1.54) is 23.1 Å². The van der Waals surface area contributed by atoms with Gasteiger partial charge in [-0.2, -0.15) is 0 Å². The summed E-state index contributed by atoms with van der Waals surface area (Å²) in [5, 5.41) is 12.9. The highest BCUT2D eigenvalue weighted by Gasteiger charge is 2.43. The molecule has 0 spiro atoms. The number of halogens is 2. The lowest BCUT2D eigenvalue weighted by atomic mass is 9.90. The van der Waals surface area contributed by atoms with Gasteiger partial charge in [-0.15, -0.1) is 0 Å². The van der Waals surface area contributed by atoms with Crippen LogP contribution >= 0.6 is 11.6 Å². The fourth-order valence-corrected chi connectivity index (χ4v) is 2.84. The zero-order chi connectivity index (χ0) is 17.5. The predicted molar refractivity (Wildman–Crippen MR) is 83.2 cm³/mol. The van der Waals surface area contributed by atoms with Crippen LogP contribution in [0.3, 0.4) is 0 Å². The van der Waals surface area contributed by atoms with Crippen molar-refractivity contribution in [1.82, 2.24) is 10.1 Å². The number of benzene rings is 1. The molecule has 0 saturated carbocycles. The number of likely N-dealkylation sites (tertiary alicyclic amines) is 1. The van der Waals surface area contributed by atoms with Crippen molar-refractivity contribution in [1.29, 1.82) is 0 Å². The molecule has 2 aromatic rings. The van der Waals surface area contributed by atoms with Crippen molar-refractivity contribution in [3.05, 3.63) is 40.9 Å². The second-order valence-corrected chi connectivity index (χ2v) is 6.43. The quantitative estimate of drug-likeness (QED) is 0.917. The second-order valence-electron chi connectivity index (χ2n) is 6.02. The lowest BCUT2D eigenvalue weighted by Gasteiger charge is -2.19. The van der Waals surface area contributed by atoms with E-state index in [0.717, 1.165) is 0 Å². The van der Waals surface area contributed by atoms with Gasteiger partial charge in [0.1, 0.15) is 5.69 Å². The van der Waals surface area contributed by atoms with E-state index < -0.39 is 23.1 Å². The minimum atomic E-state index is -0.975. The Morgan fingerprint density at radius 1 is 1.46 bits per heavy atom. The van der Waals surface area contributed by atoms with Gasteiger partial charge in [0, 0.05) is 24.7 Å². The number of rotatable bonds is 3. The molecule has 1 saturated heterocycles. The average molecular weight is 353 g/mol. The molecule has 1 unspecified atom stereocenters. The zero-order valence-corrected chi connectivity index (χ0v) is 13.5. The van der Waals surface area contributed by atoms with Gasteiger partial charge in [0.2, 0.25) is 5.76 Å². The molecule has 0 bridgehead atoms. The predicted octanol–water partition coefficient (Wildman–Crippen LogP) is 3.07. The van der Waals surface area contributed by atoms with Crippen LogP contribution in [0.25, 0.3) is 11.3 Å². The van der Waals surface area contributed by atoms with Crippen molar-refractivity contribution in [3.8, 4) is 11.3 Å². The van der Waals surface area contributed by atoms with E-state index in [4.69, 9.17) is 16.1 Å². The SMILES string of the molecule is CC1(C(=O)O)CCN(C(=O)c2cc(-c3cccc(Cl)c3F)no2)C1. The smallest absolute Gasteiger partial charge is 0.311 e. The van der Waals surface area contributed by atoms with E-state index >= 15 is 0 Å². The first-order valence-electron chi connectivity index (χ1n) is 7.25. The standard InChI is InChI=1S/C16H14ClFN2O4/c1-16(15(22)23)5-6-20(8-16)14(21)12-7-11(19-24-12)9-3-2-4-10(17)13(9)18/h2-4,7H,5-6,8H2,1H3,(H,22,23). The molecule has 1 fully saturated rings. The highest BCUT2D eigenvalue weighted by atomic mass is 35.5. The molecule has 126 valence electrons. The molecular formula is C16H14ClFN2O4. The van der Waals surface area contributed by atoms with E-state index in [1.54, 1.807) is 13.0 Å². The minimum Gasteiger partial charge on any atom is -0.481 e. The van der Waals surface area contributed by atoms with Gasteiger partial charge in [-0.05, 0) is 25.5 Å². The van der Waals surface area contributed by atoms with Crippen LogP contribution in [0.5, 0.6) is 0 Å². The first kappa shape index (κ1) is 16.4. The van der Waals surface area contributed by atoms with Gasteiger partial charge < -0.3 is 14.5 Å². The van der Waals surface area contributed by atoms with Gasteiger partial charge in [-0.3, -0.25) is 9.59 Å². The maximum Gasteiger partial charge on any atom is 0.311 e. The summed E-state index contributed by atoms with van der Waals surface area (Å²) in [6, 6.07) is 5.78. The lowest BCUT2D eigenvalue weighted by Crippen LogP contribution is -2.34. The van der Waals surface area contributed by atoms with Crippen molar-refractivity contribution < 1.29 is 23.6 Å². The van der Waals surface area contributed by atoms with Crippen molar-refractivity contribution in [2.75, 3.05) is 13.1 Å². The van der Waals surface area contributed by atoms with E-state index in [1.807, 2.05) is 0 Å². The largest absolute Gasteiger partial charge is 0.481 e. The molecular weight excluding hydrogens is 339 g/mol. The second kappa shape index (κ2) is 5.90. The van der Waals surface area contributed by atoms with Crippen LogP contribution < -0.4 is 0 Å². The Morgan fingerprint density at radius 3 is 2.88 bits per heavy atom. The van der Waals surface area contributed by atoms with Gasteiger partial charge in [-0.1, -0.05) is 22.8 Å². The molecule has 1 aromatic carbocycles. The number of carbonyl (C=O) groups excluding carboxylic acids is 1. The topological polar surface area (TPSA) is 83.6 Å². The Labute approximate surface area is 141 Å². The van der Waals surface area contributed by atoms with Gasteiger partial charge in [0.25, 0.3) is 5.91 Å². The Hall–Kier alpha value is -2.41. The van der Waals surface area contributed by atoms with Crippen molar-refractivity contribution in [2.24, 2.45) is 5.41 Å². The minimum absolute atomic E-state index is 0.0554. The van der Waals surface area contributed by atoms with Gasteiger partial charge in [-0.25, -0.2) is 4.39 Å². The fourth-order valence-electron chi connectivity index (χ4n) is 2.67. The fraction of sp³-hybridized carbons (Fsp3) is 0.312. The number of carboxylic acids is 1. The molecule has 8 heteroatoms. The van der Waals surface area contributed by atoms with Crippen molar-refractivity contribution in [2.45, 2.75) is 13.3 Å². The maximum atomic E-state index is 14.0. The van der Waals surface area contributed by atoms with Crippen LogP contribution in [0.15, 0.2) is 28.8 Å². The molecule has 2 heterocycles. The van der Waals surface area contributed by atoms with E-state index in [9.17, 15) is 19.1 Å². The van der Waals surface area contributed by atoms with Gasteiger partial charge in [0.15, 0.2) is 5.82 Å². The maximum absolute atomic E-state index is 14.0. The van der Waals surface area contributed by atoms with E-state index in [-0.39, 0.29) is 28.6 Å².